The van der Waals surface area contributed by atoms with Crippen LogP contribution in [0.1, 0.15) is 6.92 Å². The van der Waals surface area contributed by atoms with Gasteiger partial charge in [0.2, 0.25) is 0 Å². The third kappa shape index (κ3) is 13.9. The standard InChI is InChI=1S/C2H3B.Zr/c1-2-3;/h1H3;. The van der Waals surface area contributed by atoms with Gasteiger partial charge < -0.3 is 0 Å². The molecule has 0 aromatic rings. The first-order valence-corrected chi connectivity index (χ1v) is 2.27. The van der Waals surface area contributed by atoms with Gasteiger partial charge in [0.1, 0.15) is 0 Å². The molecule has 0 aliphatic rings. The molecule has 0 fully saturated rings. The summed E-state index contributed by atoms with van der Waals surface area (Å²) >= 11 is 1.33. The Bertz CT molecular complexity index is 29.0. The minimum atomic E-state index is 1.01. The van der Waals surface area contributed by atoms with E-state index >= 15 is 0 Å². The average Bonchev–Trinajstić information content (AvgIpc) is 0.811. The predicted molar refractivity (Wildman–Crippen MR) is 16.4 cm³/mol. The second kappa shape index (κ2) is 2.08. The molecule has 0 spiro atoms. The Morgan fingerprint density at radius 3 is 2.00 bits per heavy atom. The Labute approximate surface area is 42.3 Å². The molecule has 18 valence electrons. The van der Waals surface area contributed by atoms with E-state index in [1.807, 2.05) is 6.92 Å². The molecule has 0 bridgehead atoms. The molecular formula is C2H3BZr. The molecule has 0 saturated heterocycles. The third-order valence-corrected chi connectivity index (χ3v) is 0. The maximum absolute atomic E-state index is 5.07. The van der Waals surface area contributed by atoms with Crippen LogP contribution in [0.15, 0.2) is 0 Å². The first kappa shape index (κ1) is 4.82. The molecule has 0 heterocycles. The van der Waals surface area contributed by atoms with E-state index in [9.17, 15) is 0 Å². The summed E-state index contributed by atoms with van der Waals surface area (Å²) in [5, 5.41) is 0. The van der Waals surface area contributed by atoms with Crippen LogP contribution in [-0.2, 0) is 24.2 Å². The van der Waals surface area contributed by atoms with Crippen LogP contribution in [0.4, 0.5) is 0 Å². The van der Waals surface area contributed by atoms with E-state index in [0.29, 0.717) is 0 Å². The fourth-order valence-corrected chi connectivity index (χ4v) is 0. The molecule has 0 atom stereocenters. The zero-order valence-corrected chi connectivity index (χ0v) is 5.04. The van der Waals surface area contributed by atoms with Crippen LogP contribution < -0.4 is 0 Å². The summed E-state index contributed by atoms with van der Waals surface area (Å²) in [7, 11) is 5.07. The Kier molecular flexibility index (Phi) is 2.51. The van der Waals surface area contributed by atoms with Gasteiger partial charge in [-0.15, -0.1) is 0 Å². The monoisotopic (exact) mass is 128 g/mol. The summed E-state index contributed by atoms with van der Waals surface area (Å²) in [6.07, 6.45) is 0. The van der Waals surface area contributed by atoms with Crippen molar-refractivity contribution in [2.75, 3.05) is 0 Å². The SMILES string of the molecule is [B][C](C)=[Zr]. The normalized spacial score (nSPS) is 6.00. The molecule has 0 aliphatic carbocycles. The minimum absolute atomic E-state index is 1.01. The van der Waals surface area contributed by atoms with E-state index in [-0.39, 0.29) is 0 Å². The van der Waals surface area contributed by atoms with Crippen molar-refractivity contribution >= 4 is 11.0 Å². The van der Waals surface area contributed by atoms with Crippen molar-refractivity contribution < 1.29 is 24.2 Å². The first-order valence-electron chi connectivity index (χ1n) is 1.04. The van der Waals surface area contributed by atoms with Crippen LogP contribution >= 0.6 is 0 Å². The van der Waals surface area contributed by atoms with Gasteiger partial charge in [0, 0.05) is 0 Å². The Morgan fingerprint density at radius 1 is 2.00 bits per heavy atom. The second-order valence-corrected chi connectivity index (χ2v) is 2.62. The molecule has 0 saturated carbocycles. The van der Waals surface area contributed by atoms with Crippen molar-refractivity contribution in [3.63, 3.8) is 0 Å². The fourth-order valence-electron chi connectivity index (χ4n) is 0. The molecule has 2 heteroatoms. The second-order valence-electron chi connectivity index (χ2n) is 0.683. The summed E-state index contributed by atoms with van der Waals surface area (Å²) in [4.78, 5) is 0. The van der Waals surface area contributed by atoms with Gasteiger partial charge in [-0.25, -0.2) is 0 Å². The summed E-state index contributed by atoms with van der Waals surface area (Å²) in [5.41, 5.74) is 0. The van der Waals surface area contributed by atoms with Crippen LogP contribution in [0.2, 0.25) is 0 Å². The van der Waals surface area contributed by atoms with Crippen LogP contribution in [0.3, 0.4) is 0 Å². The molecule has 0 amide bonds. The summed E-state index contributed by atoms with van der Waals surface area (Å²) in [6, 6.07) is 0. The first-order chi connectivity index (χ1) is 1.73. The molecule has 2 radical (unpaired) electrons. The molecule has 4 heavy (non-hydrogen) atoms. The predicted octanol–water partition coefficient (Wildman–Crippen LogP) is -0.148. The summed E-state index contributed by atoms with van der Waals surface area (Å²) < 4.78 is 1.01. The van der Waals surface area contributed by atoms with E-state index in [0.717, 1.165) is 3.11 Å². The Hall–Kier alpha value is 0.818. The average molecular weight is 129 g/mol. The van der Waals surface area contributed by atoms with Gasteiger partial charge in [-0.1, -0.05) is 0 Å². The van der Waals surface area contributed by atoms with Gasteiger partial charge in [0.15, 0.2) is 0 Å². The Morgan fingerprint density at radius 2 is 2.00 bits per heavy atom. The van der Waals surface area contributed by atoms with Gasteiger partial charge in [-0.2, -0.15) is 0 Å². The summed E-state index contributed by atoms with van der Waals surface area (Å²) in [5.74, 6) is 0. The molecule has 0 aromatic heterocycles. The van der Waals surface area contributed by atoms with E-state index in [1.165, 1.54) is 24.2 Å². The van der Waals surface area contributed by atoms with Gasteiger partial charge >= 0.3 is 42.1 Å². The van der Waals surface area contributed by atoms with Crippen LogP contribution in [0.25, 0.3) is 0 Å². The topological polar surface area (TPSA) is 0 Å². The van der Waals surface area contributed by atoms with Crippen molar-refractivity contribution in [1.82, 2.24) is 0 Å². The van der Waals surface area contributed by atoms with Gasteiger partial charge in [-0.05, 0) is 0 Å². The van der Waals surface area contributed by atoms with Gasteiger partial charge in [0.25, 0.3) is 0 Å². The Balaban J connectivity index is 2.80. The van der Waals surface area contributed by atoms with Crippen molar-refractivity contribution in [2.45, 2.75) is 6.92 Å². The molecular weight excluding hydrogens is 126 g/mol. The van der Waals surface area contributed by atoms with E-state index in [4.69, 9.17) is 7.85 Å². The van der Waals surface area contributed by atoms with Gasteiger partial charge in [-0.3, -0.25) is 0 Å². The zero-order chi connectivity index (χ0) is 3.58. The summed E-state index contributed by atoms with van der Waals surface area (Å²) in [6.45, 7) is 1.90. The molecule has 0 nitrogen and oxygen atoms in total. The van der Waals surface area contributed by atoms with Crippen LogP contribution in [0.5, 0.6) is 0 Å². The maximum atomic E-state index is 5.07. The number of hydrogen-bond donors (Lipinski definition) is 0. The number of hydrogen-bond acceptors (Lipinski definition) is 0. The zero-order valence-electron chi connectivity index (χ0n) is 2.58. The van der Waals surface area contributed by atoms with Crippen molar-refractivity contribution in [2.24, 2.45) is 0 Å². The molecule has 0 rings (SSSR count). The molecule has 0 N–H and O–H groups in total. The van der Waals surface area contributed by atoms with Crippen LogP contribution in [0, 0.1) is 0 Å². The third-order valence-electron chi connectivity index (χ3n) is 0. The molecule has 0 aliphatic heterocycles. The fraction of sp³-hybridized carbons (Fsp3) is 0.500. The van der Waals surface area contributed by atoms with E-state index in [1.54, 1.807) is 0 Å². The molecule has 0 unspecified atom stereocenters. The van der Waals surface area contributed by atoms with Gasteiger partial charge in [0.05, 0.1) is 0 Å². The van der Waals surface area contributed by atoms with E-state index < -0.39 is 0 Å². The van der Waals surface area contributed by atoms with Crippen molar-refractivity contribution in [3.05, 3.63) is 0 Å². The number of rotatable bonds is 0. The quantitative estimate of drug-likeness (QED) is 0.399. The van der Waals surface area contributed by atoms with E-state index in [2.05, 4.69) is 0 Å². The van der Waals surface area contributed by atoms with Crippen molar-refractivity contribution in [3.8, 4) is 0 Å². The van der Waals surface area contributed by atoms with Crippen LogP contribution in [-0.4, -0.2) is 11.0 Å². The van der Waals surface area contributed by atoms with Crippen molar-refractivity contribution in [1.29, 1.82) is 0 Å². The molecule has 0 aromatic carbocycles.